The first kappa shape index (κ1) is 16.3. The minimum absolute atomic E-state index is 0.297. The summed E-state index contributed by atoms with van der Waals surface area (Å²) in [6.07, 6.45) is 6.59. The topological polar surface area (TPSA) is 52.6 Å². The summed E-state index contributed by atoms with van der Waals surface area (Å²) in [4.78, 5) is 24.5. The van der Waals surface area contributed by atoms with Crippen LogP contribution in [0.3, 0.4) is 0 Å². The largest absolute Gasteiger partial charge is 0.451 e. The lowest BCUT2D eigenvalue weighted by molar-refractivity contribution is -0.222. The van der Waals surface area contributed by atoms with E-state index in [0.29, 0.717) is 23.0 Å². The van der Waals surface area contributed by atoms with Crippen LogP contribution in [0.2, 0.25) is 0 Å². The molecule has 126 valence electrons. The lowest BCUT2D eigenvalue weighted by atomic mass is 9.65. The van der Waals surface area contributed by atoms with E-state index < -0.39 is 11.2 Å². The molecule has 4 atom stereocenters. The Hall–Kier alpha value is -1.58. The van der Waals surface area contributed by atoms with Crippen LogP contribution in [0.4, 0.5) is 0 Å². The van der Waals surface area contributed by atoms with Crippen molar-refractivity contribution in [1.29, 1.82) is 0 Å². The number of carbonyl (C=O) groups is 2. The van der Waals surface area contributed by atoms with Crippen LogP contribution in [0.5, 0.6) is 0 Å². The van der Waals surface area contributed by atoms with Gasteiger partial charge in [0.05, 0.1) is 0 Å². The van der Waals surface area contributed by atoms with Gasteiger partial charge in [0.25, 0.3) is 0 Å². The second-order valence-corrected chi connectivity index (χ2v) is 7.58. The fourth-order valence-electron chi connectivity index (χ4n) is 5.04. The Balaban J connectivity index is 1.98. The van der Waals surface area contributed by atoms with Gasteiger partial charge < -0.3 is 9.47 Å². The predicted molar refractivity (Wildman–Crippen MR) is 86.6 cm³/mol. The molecule has 0 heterocycles. The molecule has 4 nitrogen and oxygen atoms in total. The third kappa shape index (κ3) is 2.34. The van der Waals surface area contributed by atoms with Crippen LogP contribution in [0.25, 0.3) is 0 Å². The molecule has 0 N–H and O–H groups in total. The van der Waals surface area contributed by atoms with Gasteiger partial charge in [0.1, 0.15) is 0 Å². The number of esters is 2. The van der Waals surface area contributed by atoms with Gasteiger partial charge in [-0.2, -0.15) is 0 Å². The van der Waals surface area contributed by atoms with Crippen LogP contribution in [-0.4, -0.2) is 23.1 Å². The van der Waals surface area contributed by atoms with Crippen molar-refractivity contribution >= 4 is 11.9 Å². The molecule has 0 radical (unpaired) electrons. The minimum atomic E-state index is -0.677. The van der Waals surface area contributed by atoms with Gasteiger partial charge in [-0.1, -0.05) is 19.6 Å². The van der Waals surface area contributed by atoms with Gasteiger partial charge in [0.2, 0.25) is 0 Å². The molecule has 4 unspecified atom stereocenters. The van der Waals surface area contributed by atoms with Crippen molar-refractivity contribution in [2.75, 3.05) is 0 Å². The summed E-state index contributed by atoms with van der Waals surface area (Å²) in [7, 11) is 0. The minimum Gasteiger partial charge on any atom is -0.451 e. The van der Waals surface area contributed by atoms with Crippen LogP contribution in [0.15, 0.2) is 24.3 Å². The molecule has 3 rings (SSSR count). The summed E-state index contributed by atoms with van der Waals surface area (Å²) in [5, 5.41) is 0. The Bertz CT molecular complexity index is 578. The van der Waals surface area contributed by atoms with Gasteiger partial charge >= 0.3 is 11.9 Å². The highest BCUT2D eigenvalue weighted by Gasteiger charge is 2.72. The molecule has 0 aromatic carbocycles. The van der Waals surface area contributed by atoms with Crippen LogP contribution in [0.1, 0.15) is 58.8 Å². The average Bonchev–Trinajstić information content (AvgIpc) is 3.02. The summed E-state index contributed by atoms with van der Waals surface area (Å²) in [6, 6.07) is 0. The smallest absolute Gasteiger partial charge is 0.333 e. The van der Waals surface area contributed by atoms with Gasteiger partial charge in [-0.25, -0.2) is 9.59 Å². The van der Waals surface area contributed by atoms with Crippen LogP contribution in [0, 0.1) is 11.8 Å². The monoisotopic (exact) mass is 318 g/mol. The molecule has 2 bridgehead atoms. The van der Waals surface area contributed by atoms with Crippen molar-refractivity contribution in [1.82, 2.24) is 0 Å². The first-order valence-electron chi connectivity index (χ1n) is 8.59. The zero-order valence-electron chi connectivity index (χ0n) is 14.2. The Morgan fingerprint density at radius 1 is 0.957 bits per heavy atom. The van der Waals surface area contributed by atoms with E-state index in [0.717, 1.165) is 44.9 Å². The maximum Gasteiger partial charge on any atom is 0.333 e. The van der Waals surface area contributed by atoms with E-state index in [2.05, 4.69) is 13.2 Å². The van der Waals surface area contributed by atoms with Crippen LogP contribution in [-0.2, 0) is 19.1 Å². The molecule has 0 amide bonds. The third-order valence-corrected chi connectivity index (χ3v) is 6.02. The molecule has 0 saturated heterocycles. The molecule has 0 aromatic heterocycles. The number of hydrogen-bond acceptors (Lipinski definition) is 4. The predicted octanol–water partition coefficient (Wildman–Crippen LogP) is 3.71. The number of fused-ring (bicyclic) bond motifs is 5. The van der Waals surface area contributed by atoms with E-state index in [1.54, 1.807) is 13.8 Å². The Kier molecular flexibility index (Phi) is 3.89. The highest BCUT2D eigenvalue weighted by Crippen LogP contribution is 2.65. The summed E-state index contributed by atoms with van der Waals surface area (Å²) >= 11 is 0. The van der Waals surface area contributed by atoms with E-state index in [4.69, 9.17) is 9.47 Å². The van der Waals surface area contributed by atoms with Crippen molar-refractivity contribution in [3.8, 4) is 0 Å². The van der Waals surface area contributed by atoms with Gasteiger partial charge in [-0.3, -0.25) is 0 Å². The lowest BCUT2D eigenvalue weighted by Crippen LogP contribution is -2.60. The molecule has 0 aromatic rings. The molecular weight excluding hydrogens is 292 g/mol. The summed E-state index contributed by atoms with van der Waals surface area (Å²) < 4.78 is 12.0. The van der Waals surface area contributed by atoms with E-state index in [1.165, 1.54) is 0 Å². The summed E-state index contributed by atoms with van der Waals surface area (Å²) in [6.45, 7) is 10.7. The SMILES string of the molecule is C=C(C)C(=O)OC12CCC(C1)C1CCCCC12OC(=O)C(=C)C. The van der Waals surface area contributed by atoms with Gasteiger partial charge in [0, 0.05) is 17.1 Å². The second kappa shape index (κ2) is 5.50. The van der Waals surface area contributed by atoms with Crippen molar-refractivity contribution < 1.29 is 19.1 Å². The highest BCUT2D eigenvalue weighted by molar-refractivity contribution is 5.88. The molecule has 3 saturated carbocycles. The number of ether oxygens (including phenoxy) is 2. The van der Waals surface area contributed by atoms with E-state index >= 15 is 0 Å². The lowest BCUT2D eigenvalue weighted by Gasteiger charge is -2.51. The van der Waals surface area contributed by atoms with Crippen LogP contribution >= 0.6 is 0 Å². The number of hydrogen-bond donors (Lipinski definition) is 0. The van der Waals surface area contributed by atoms with Crippen molar-refractivity contribution in [2.24, 2.45) is 11.8 Å². The maximum absolute atomic E-state index is 12.3. The van der Waals surface area contributed by atoms with Crippen molar-refractivity contribution in [2.45, 2.75) is 70.0 Å². The maximum atomic E-state index is 12.3. The average molecular weight is 318 g/mol. The van der Waals surface area contributed by atoms with Gasteiger partial charge in [-0.05, 0) is 58.3 Å². The summed E-state index contributed by atoms with van der Waals surface area (Å²) in [5.74, 6) is 0.0372. The molecule has 3 fully saturated rings. The Morgan fingerprint density at radius 2 is 1.61 bits per heavy atom. The first-order chi connectivity index (χ1) is 10.8. The molecule has 3 aliphatic rings. The zero-order valence-corrected chi connectivity index (χ0v) is 14.2. The number of rotatable bonds is 4. The van der Waals surface area contributed by atoms with E-state index in [1.807, 2.05) is 0 Å². The Labute approximate surface area is 137 Å². The third-order valence-electron chi connectivity index (χ3n) is 6.02. The molecule has 0 aliphatic heterocycles. The van der Waals surface area contributed by atoms with Gasteiger partial charge in [-0.15, -0.1) is 0 Å². The fraction of sp³-hybridized carbons (Fsp3) is 0.684. The van der Waals surface area contributed by atoms with Crippen molar-refractivity contribution in [3.05, 3.63) is 24.3 Å². The normalized spacial score (nSPS) is 37.8. The highest BCUT2D eigenvalue weighted by atomic mass is 16.6. The zero-order chi connectivity index (χ0) is 16.8. The molecule has 3 aliphatic carbocycles. The Morgan fingerprint density at radius 3 is 2.26 bits per heavy atom. The first-order valence-corrected chi connectivity index (χ1v) is 8.59. The van der Waals surface area contributed by atoms with E-state index in [-0.39, 0.29) is 11.9 Å². The molecular formula is C19H26O4. The summed E-state index contributed by atoms with van der Waals surface area (Å²) in [5.41, 5.74) is -0.560. The number of carbonyl (C=O) groups excluding carboxylic acids is 2. The molecule has 0 spiro atoms. The molecule has 23 heavy (non-hydrogen) atoms. The standard InChI is InChI=1S/C19H26O4/c1-12(2)16(20)22-18-10-8-14(11-18)15-7-5-6-9-19(15,18)23-17(21)13(3)4/h14-15H,1,3,5-11H2,2,4H3. The molecule has 4 heteroatoms. The fourth-order valence-corrected chi connectivity index (χ4v) is 5.04. The van der Waals surface area contributed by atoms with Gasteiger partial charge in [0.15, 0.2) is 11.2 Å². The van der Waals surface area contributed by atoms with Crippen molar-refractivity contribution in [3.63, 3.8) is 0 Å². The second-order valence-electron chi connectivity index (χ2n) is 7.58. The van der Waals surface area contributed by atoms with Crippen LogP contribution < -0.4 is 0 Å². The quantitative estimate of drug-likeness (QED) is 0.586. The van der Waals surface area contributed by atoms with E-state index in [9.17, 15) is 9.59 Å².